The molecule has 2 rings (SSSR count). The summed E-state index contributed by atoms with van der Waals surface area (Å²) in [6.45, 7) is 9.47. The highest BCUT2D eigenvalue weighted by atomic mass is 16.1. The summed E-state index contributed by atoms with van der Waals surface area (Å²) >= 11 is 0. The number of rotatable bonds is 9. The number of nitrogens with zero attached hydrogens (tertiary/aromatic N) is 2. The van der Waals surface area contributed by atoms with E-state index in [1.54, 1.807) is 7.05 Å². The van der Waals surface area contributed by atoms with Crippen molar-refractivity contribution < 1.29 is 4.79 Å². The van der Waals surface area contributed by atoms with Gasteiger partial charge in [-0.2, -0.15) is 0 Å². The third-order valence-corrected chi connectivity index (χ3v) is 6.64. The third kappa shape index (κ3) is 6.73. The number of guanidine groups is 1. The fourth-order valence-electron chi connectivity index (χ4n) is 4.33. The Morgan fingerprint density at radius 2 is 1.83 bits per heavy atom. The molecular weight excluding hydrogens is 374 g/mol. The molecular formula is C24H41N5O. The largest absolute Gasteiger partial charge is 0.359 e. The lowest BCUT2D eigenvalue weighted by atomic mass is 9.90. The van der Waals surface area contributed by atoms with E-state index in [1.807, 2.05) is 7.05 Å². The number of benzene rings is 1. The van der Waals surface area contributed by atoms with Crippen LogP contribution in [0.2, 0.25) is 0 Å². The molecule has 3 N–H and O–H groups in total. The average molecular weight is 416 g/mol. The molecule has 0 spiro atoms. The summed E-state index contributed by atoms with van der Waals surface area (Å²) < 4.78 is 0. The smallest absolute Gasteiger partial charge is 0.220 e. The highest BCUT2D eigenvalue weighted by molar-refractivity contribution is 5.80. The molecule has 1 aliphatic heterocycles. The molecule has 1 fully saturated rings. The maximum absolute atomic E-state index is 11.7. The number of piperidine rings is 1. The predicted octanol–water partition coefficient (Wildman–Crippen LogP) is 3.32. The Kier molecular flexibility index (Phi) is 9.63. The summed E-state index contributed by atoms with van der Waals surface area (Å²) in [4.78, 5) is 18.5. The van der Waals surface area contributed by atoms with Gasteiger partial charge in [-0.1, -0.05) is 44.2 Å². The number of aliphatic imine (C=N–C) groups is 1. The number of nitrogens with one attached hydrogen (secondary N) is 3. The Morgan fingerprint density at radius 1 is 1.20 bits per heavy atom. The van der Waals surface area contributed by atoms with Crippen LogP contribution >= 0.6 is 0 Å². The molecule has 1 aliphatic rings. The van der Waals surface area contributed by atoms with Gasteiger partial charge in [-0.25, -0.2) is 0 Å². The van der Waals surface area contributed by atoms with E-state index >= 15 is 0 Å². The van der Waals surface area contributed by atoms with Gasteiger partial charge in [0.25, 0.3) is 0 Å². The van der Waals surface area contributed by atoms with E-state index in [0.29, 0.717) is 12.3 Å². The van der Waals surface area contributed by atoms with Crippen molar-refractivity contribution in [2.45, 2.75) is 64.5 Å². The molecule has 6 nitrogen and oxygen atoms in total. The molecule has 1 amide bonds. The van der Waals surface area contributed by atoms with Crippen molar-refractivity contribution in [2.24, 2.45) is 10.9 Å². The average Bonchev–Trinajstić information content (AvgIpc) is 2.80. The first-order valence-corrected chi connectivity index (χ1v) is 11.5. The molecule has 1 aromatic rings. The number of likely N-dealkylation sites (tertiary alicyclic amines) is 1. The van der Waals surface area contributed by atoms with Crippen LogP contribution in [0.4, 0.5) is 0 Å². The zero-order valence-corrected chi connectivity index (χ0v) is 19.5. The highest BCUT2D eigenvalue weighted by Crippen LogP contribution is 2.23. The lowest BCUT2D eigenvalue weighted by Gasteiger charge is -2.39. The van der Waals surface area contributed by atoms with E-state index in [0.717, 1.165) is 51.3 Å². The molecule has 1 heterocycles. The molecule has 0 saturated carbocycles. The first kappa shape index (κ1) is 24.2. The molecule has 168 valence electrons. The second-order valence-electron chi connectivity index (χ2n) is 8.47. The van der Waals surface area contributed by atoms with Gasteiger partial charge in [-0.3, -0.25) is 9.79 Å². The second-order valence-corrected chi connectivity index (χ2v) is 8.47. The van der Waals surface area contributed by atoms with Crippen LogP contribution in [0, 0.1) is 5.92 Å². The summed E-state index contributed by atoms with van der Waals surface area (Å²) in [5.41, 5.74) is 1.31. The van der Waals surface area contributed by atoms with Crippen molar-refractivity contribution in [3.8, 4) is 0 Å². The first-order chi connectivity index (χ1) is 14.5. The Balaban J connectivity index is 1.93. The third-order valence-electron chi connectivity index (χ3n) is 6.64. The number of hydrogen-bond acceptors (Lipinski definition) is 3. The summed E-state index contributed by atoms with van der Waals surface area (Å²) in [7, 11) is 3.57. The van der Waals surface area contributed by atoms with Crippen molar-refractivity contribution in [1.29, 1.82) is 0 Å². The molecule has 0 aromatic heterocycles. The summed E-state index contributed by atoms with van der Waals surface area (Å²) in [5, 5.41) is 10.3. The maximum atomic E-state index is 11.7. The molecule has 0 radical (unpaired) electrons. The standard InChI is InChI=1S/C24H41N5O/c1-6-24(7-2,28-19(3)21-11-9-8-10-12-21)18-27-23(26-5)29-15-13-20(14-16-29)17-22(30)25-4/h8-12,19-20,28H,6-7,13-18H2,1-5H3,(H,25,30)(H,26,27). The van der Waals surface area contributed by atoms with E-state index in [1.165, 1.54) is 5.56 Å². The number of carbonyl (C=O) groups excluding carboxylic acids is 1. The Labute approximate surface area is 182 Å². The van der Waals surface area contributed by atoms with Gasteiger partial charge in [-0.05, 0) is 44.1 Å². The molecule has 0 bridgehead atoms. The van der Waals surface area contributed by atoms with E-state index in [9.17, 15) is 4.79 Å². The summed E-state index contributed by atoms with van der Waals surface area (Å²) in [6, 6.07) is 10.9. The predicted molar refractivity (Wildman–Crippen MR) is 126 cm³/mol. The van der Waals surface area contributed by atoms with Crippen LogP contribution in [-0.2, 0) is 4.79 Å². The molecule has 0 aliphatic carbocycles. The van der Waals surface area contributed by atoms with Gasteiger partial charge >= 0.3 is 0 Å². The minimum atomic E-state index is 0.00271. The van der Waals surface area contributed by atoms with Crippen molar-refractivity contribution in [2.75, 3.05) is 33.7 Å². The normalized spacial score (nSPS) is 17.0. The van der Waals surface area contributed by atoms with Gasteiger partial charge in [0.05, 0.1) is 0 Å². The molecule has 1 atom stereocenters. The minimum Gasteiger partial charge on any atom is -0.359 e. The minimum absolute atomic E-state index is 0.00271. The summed E-state index contributed by atoms with van der Waals surface area (Å²) in [5.74, 6) is 1.58. The lowest BCUT2D eigenvalue weighted by molar-refractivity contribution is -0.121. The van der Waals surface area contributed by atoms with Gasteiger partial charge < -0.3 is 20.9 Å². The van der Waals surface area contributed by atoms with Crippen LogP contribution in [0.5, 0.6) is 0 Å². The van der Waals surface area contributed by atoms with Crippen LogP contribution in [0.3, 0.4) is 0 Å². The van der Waals surface area contributed by atoms with Crippen molar-refractivity contribution in [3.05, 3.63) is 35.9 Å². The van der Waals surface area contributed by atoms with Crippen LogP contribution < -0.4 is 16.0 Å². The van der Waals surface area contributed by atoms with Gasteiger partial charge in [0.2, 0.25) is 5.91 Å². The van der Waals surface area contributed by atoms with Gasteiger partial charge in [-0.15, -0.1) is 0 Å². The van der Waals surface area contributed by atoms with Crippen LogP contribution in [0.15, 0.2) is 35.3 Å². The fourth-order valence-corrected chi connectivity index (χ4v) is 4.33. The molecule has 1 aromatic carbocycles. The van der Waals surface area contributed by atoms with Crippen LogP contribution in [0.25, 0.3) is 0 Å². The van der Waals surface area contributed by atoms with E-state index in [-0.39, 0.29) is 17.5 Å². The van der Waals surface area contributed by atoms with E-state index in [2.05, 4.69) is 76.9 Å². The molecule has 6 heteroatoms. The van der Waals surface area contributed by atoms with Gasteiger partial charge in [0.1, 0.15) is 0 Å². The lowest BCUT2D eigenvalue weighted by Crippen LogP contribution is -2.56. The number of carbonyl (C=O) groups is 1. The second kappa shape index (κ2) is 11.9. The number of hydrogen-bond donors (Lipinski definition) is 3. The van der Waals surface area contributed by atoms with Crippen molar-refractivity contribution in [1.82, 2.24) is 20.9 Å². The zero-order valence-electron chi connectivity index (χ0n) is 19.5. The number of amides is 1. The Hall–Kier alpha value is -2.08. The molecule has 1 saturated heterocycles. The molecule has 1 unspecified atom stereocenters. The fraction of sp³-hybridized carbons (Fsp3) is 0.667. The quantitative estimate of drug-likeness (QED) is 0.427. The first-order valence-electron chi connectivity index (χ1n) is 11.5. The van der Waals surface area contributed by atoms with Crippen molar-refractivity contribution in [3.63, 3.8) is 0 Å². The zero-order chi connectivity index (χ0) is 22.0. The van der Waals surface area contributed by atoms with Crippen LogP contribution in [0.1, 0.15) is 64.5 Å². The highest BCUT2D eigenvalue weighted by Gasteiger charge is 2.30. The summed E-state index contributed by atoms with van der Waals surface area (Å²) in [6.07, 6.45) is 4.78. The molecule has 30 heavy (non-hydrogen) atoms. The van der Waals surface area contributed by atoms with Gasteiger partial charge in [0.15, 0.2) is 5.96 Å². The Morgan fingerprint density at radius 3 is 2.37 bits per heavy atom. The Bertz CT molecular complexity index is 663. The van der Waals surface area contributed by atoms with Crippen molar-refractivity contribution >= 4 is 11.9 Å². The maximum Gasteiger partial charge on any atom is 0.220 e. The van der Waals surface area contributed by atoms with Gasteiger partial charge in [0, 0.05) is 51.7 Å². The van der Waals surface area contributed by atoms with Crippen LogP contribution in [-0.4, -0.2) is 56.0 Å². The van der Waals surface area contributed by atoms with E-state index in [4.69, 9.17) is 0 Å². The SMILES string of the molecule is CCC(CC)(CNC(=NC)N1CCC(CC(=O)NC)CC1)NC(C)c1ccccc1. The van der Waals surface area contributed by atoms with E-state index < -0.39 is 0 Å². The topological polar surface area (TPSA) is 68.8 Å². The monoisotopic (exact) mass is 415 g/mol.